The van der Waals surface area contributed by atoms with Crippen LogP contribution in [0.5, 0.6) is 0 Å². The Balaban J connectivity index is 1.32. The van der Waals surface area contributed by atoms with Gasteiger partial charge in [0.25, 0.3) is 5.91 Å². The number of halogens is 1. The van der Waals surface area contributed by atoms with Gasteiger partial charge in [0.05, 0.1) is 29.7 Å². The molecule has 1 aliphatic heterocycles. The monoisotopic (exact) mass is 364 g/mol. The van der Waals surface area contributed by atoms with E-state index in [-0.39, 0.29) is 11.9 Å². The van der Waals surface area contributed by atoms with E-state index in [0.29, 0.717) is 24.9 Å². The molecule has 0 atom stereocenters. The number of aromatic nitrogens is 4. The molecule has 2 aliphatic rings. The summed E-state index contributed by atoms with van der Waals surface area (Å²) in [6.07, 6.45) is 7.13. The van der Waals surface area contributed by atoms with Crippen molar-refractivity contribution < 1.29 is 9.18 Å². The number of rotatable bonds is 4. The number of hydrogen-bond donors (Lipinski definition) is 1. The third-order valence-corrected chi connectivity index (χ3v) is 4.99. The maximum atomic E-state index is 12.9. The minimum absolute atomic E-state index is 0.0699. The predicted molar refractivity (Wildman–Crippen MR) is 97.7 cm³/mol. The summed E-state index contributed by atoms with van der Waals surface area (Å²) in [5, 5.41) is 7.75. The van der Waals surface area contributed by atoms with Crippen molar-refractivity contribution in [1.29, 1.82) is 0 Å². The van der Waals surface area contributed by atoms with E-state index in [2.05, 4.69) is 20.4 Å². The molecule has 0 saturated heterocycles. The van der Waals surface area contributed by atoms with Gasteiger partial charge in [-0.3, -0.25) is 9.78 Å². The summed E-state index contributed by atoms with van der Waals surface area (Å²) < 4.78 is 14.6. The highest BCUT2D eigenvalue weighted by molar-refractivity contribution is 6.09. The van der Waals surface area contributed by atoms with Crippen molar-refractivity contribution >= 4 is 17.4 Å². The molecule has 8 heteroatoms. The number of hydrogen-bond acceptors (Lipinski definition) is 5. The second kappa shape index (κ2) is 6.15. The van der Waals surface area contributed by atoms with Crippen LogP contribution in [0.2, 0.25) is 0 Å². The molecule has 0 unspecified atom stereocenters. The van der Waals surface area contributed by atoms with Crippen LogP contribution in [0.15, 0.2) is 49.1 Å². The molecule has 4 heterocycles. The number of pyridine rings is 2. The summed E-state index contributed by atoms with van der Waals surface area (Å²) in [7, 11) is 0. The Morgan fingerprint density at radius 1 is 1.11 bits per heavy atom. The first-order valence-corrected chi connectivity index (χ1v) is 8.85. The fraction of sp³-hybridized carbons (Fsp3) is 0.263. The van der Waals surface area contributed by atoms with Gasteiger partial charge >= 0.3 is 0 Å². The molecule has 0 spiro atoms. The first kappa shape index (κ1) is 15.9. The van der Waals surface area contributed by atoms with Gasteiger partial charge in [-0.1, -0.05) is 0 Å². The summed E-state index contributed by atoms with van der Waals surface area (Å²) >= 11 is 0. The van der Waals surface area contributed by atoms with Crippen LogP contribution >= 0.6 is 0 Å². The van der Waals surface area contributed by atoms with Crippen LogP contribution in [0, 0.1) is 0 Å². The molecule has 1 N–H and O–H groups in total. The summed E-state index contributed by atoms with van der Waals surface area (Å²) in [6, 6.07) is 7.50. The smallest absolute Gasteiger partial charge is 0.262 e. The van der Waals surface area contributed by atoms with E-state index < -0.39 is 6.17 Å². The Labute approximate surface area is 154 Å². The molecular weight excluding hydrogens is 347 g/mol. The van der Waals surface area contributed by atoms with Crippen molar-refractivity contribution in [3.63, 3.8) is 0 Å². The minimum Gasteiger partial charge on any atom is -0.367 e. The molecule has 136 valence electrons. The van der Waals surface area contributed by atoms with Crippen LogP contribution in [0.25, 0.3) is 5.69 Å². The van der Waals surface area contributed by atoms with Gasteiger partial charge in [0.15, 0.2) is 0 Å². The lowest BCUT2D eigenvalue weighted by Crippen LogP contribution is -2.36. The third-order valence-electron chi connectivity index (χ3n) is 4.99. The fourth-order valence-corrected chi connectivity index (χ4v) is 3.42. The number of nitrogens with zero attached hydrogens (tertiary/aromatic N) is 5. The van der Waals surface area contributed by atoms with Crippen LogP contribution in [0.4, 0.5) is 15.9 Å². The van der Waals surface area contributed by atoms with Crippen LogP contribution in [-0.4, -0.2) is 37.9 Å². The highest BCUT2D eigenvalue weighted by Gasteiger charge is 2.32. The Kier molecular flexibility index (Phi) is 3.63. The number of anilines is 2. The zero-order chi connectivity index (χ0) is 18.4. The van der Waals surface area contributed by atoms with E-state index in [1.54, 1.807) is 46.5 Å². The van der Waals surface area contributed by atoms with E-state index in [4.69, 9.17) is 0 Å². The van der Waals surface area contributed by atoms with E-state index in [0.717, 1.165) is 22.9 Å². The standard InChI is InChI=1S/C19H17FN6O/c20-12-7-13(8-12)23-18-2-1-15(9-22-18)26-10-16-17(24-26)11-25(19(16)27)14-3-5-21-6-4-14/h1-6,9-10,12-13H,7-8,11H2,(H,22,23). The van der Waals surface area contributed by atoms with Crippen molar-refractivity contribution in [3.8, 4) is 5.69 Å². The molecule has 3 aromatic heterocycles. The van der Waals surface area contributed by atoms with Gasteiger partial charge in [-0.2, -0.15) is 5.10 Å². The van der Waals surface area contributed by atoms with Gasteiger partial charge in [0.1, 0.15) is 12.0 Å². The molecule has 3 aromatic rings. The van der Waals surface area contributed by atoms with Gasteiger partial charge < -0.3 is 10.2 Å². The van der Waals surface area contributed by atoms with Crippen molar-refractivity contribution in [2.24, 2.45) is 0 Å². The van der Waals surface area contributed by atoms with Crippen LogP contribution in [-0.2, 0) is 6.54 Å². The third kappa shape index (κ3) is 2.83. The summed E-state index contributed by atoms with van der Waals surface area (Å²) in [5.74, 6) is 0.648. The lowest BCUT2D eigenvalue weighted by Gasteiger charge is -2.30. The molecule has 1 amide bonds. The van der Waals surface area contributed by atoms with Crippen LogP contribution in [0.3, 0.4) is 0 Å². The SMILES string of the molecule is O=C1c2cn(-c3ccc(NC4CC(F)C4)nc3)nc2CN1c1ccncc1. The van der Waals surface area contributed by atoms with Crippen molar-refractivity contribution in [2.75, 3.05) is 10.2 Å². The molecular formula is C19H17FN6O. The van der Waals surface area contributed by atoms with E-state index in [1.165, 1.54) is 0 Å². The van der Waals surface area contributed by atoms with Gasteiger partial charge in [-0.05, 0) is 37.1 Å². The van der Waals surface area contributed by atoms with Crippen molar-refractivity contribution in [1.82, 2.24) is 19.7 Å². The molecule has 7 nitrogen and oxygen atoms in total. The molecule has 0 bridgehead atoms. The second-order valence-corrected chi connectivity index (χ2v) is 6.84. The van der Waals surface area contributed by atoms with E-state index in [9.17, 15) is 9.18 Å². The molecule has 1 saturated carbocycles. The summed E-state index contributed by atoms with van der Waals surface area (Å²) in [5.41, 5.74) is 2.92. The number of nitrogens with one attached hydrogen (secondary N) is 1. The molecule has 0 radical (unpaired) electrons. The van der Waals surface area contributed by atoms with Crippen molar-refractivity contribution in [3.05, 3.63) is 60.3 Å². The van der Waals surface area contributed by atoms with Gasteiger partial charge in [-0.15, -0.1) is 0 Å². The number of carbonyl (C=O) groups excluding carboxylic acids is 1. The molecule has 5 rings (SSSR count). The first-order chi connectivity index (χ1) is 13.2. The second-order valence-electron chi connectivity index (χ2n) is 6.84. The molecule has 0 aromatic carbocycles. The minimum atomic E-state index is -0.697. The van der Waals surface area contributed by atoms with Gasteiger partial charge in [0, 0.05) is 30.3 Å². The lowest BCUT2D eigenvalue weighted by atomic mass is 9.91. The van der Waals surface area contributed by atoms with E-state index >= 15 is 0 Å². The Bertz CT molecular complexity index is 981. The Hall–Kier alpha value is -3.29. The summed E-state index contributed by atoms with van der Waals surface area (Å²) in [6.45, 7) is 0.435. The van der Waals surface area contributed by atoms with E-state index in [1.807, 2.05) is 12.1 Å². The summed E-state index contributed by atoms with van der Waals surface area (Å²) in [4.78, 5) is 22.7. The fourth-order valence-electron chi connectivity index (χ4n) is 3.42. The molecule has 27 heavy (non-hydrogen) atoms. The first-order valence-electron chi connectivity index (χ1n) is 8.85. The normalized spacial score (nSPS) is 21.1. The number of fused-ring (bicyclic) bond motifs is 1. The van der Waals surface area contributed by atoms with Crippen molar-refractivity contribution in [2.45, 2.75) is 31.6 Å². The maximum Gasteiger partial charge on any atom is 0.262 e. The largest absolute Gasteiger partial charge is 0.367 e. The highest BCUT2D eigenvalue weighted by atomic mass is 19.1. The zero-order valence-electron chi connectivity index (χ0n) is 14.4. The lowest BCUT2D eigenvalue weighted by molar-refractivity contribution is 0.0996. The number of amides is 1. The topological polar surface area (TPSA) is 75.9 Å². The quantitative estimate of drug-likeness (QED) is 0.770. The van der Waals surface area contributed by atoms with Crippen LogP contribution < -0.4 is 10.2 Å². The number of carbonyl (C=O) groups is 1. The van der Waals surface area contributed by atoms with Gasteiger partial charge in [0.2, 0.25) is 0 Å². The molecule has 1 aliphatic carbocycles. The predicted octanol–water partition coefficient (Wildman–Crippen LogP) is 2.74. The highest BCUT2D eigenvalue weighted by Crippen LogP contribution is 2.28. The van der Waals surface area contributed by atoms with Gasteiger partial charge in [-0.25, -0.2) is 14.1 Å². The Morgan fingerprint density at radius 3 is 2.59 bits per heavy atom. The average Bonchev–Trinajstić information content (AvgIpc) is 3.21. The number of alkyl halides is 1. The Morgan fingerprint density at radius 2 is 1.93 bits per heavy atom. The molecule has 1 fully saturated rings. The maximum absolute atomic E-state index is 12.9. The average molecular weight is 364 g/mol. The van der Waals surface area contributed by atoms with Crippen LogP contribution in [0.1, 0.15) is 28.9 Å². The zero-order valence-corrected chi connectivity index (χ0v) is 14.4.